The van der Waals surface area contributed by atoms with Gasteiger partial charge >= 0.3 is 6.03 Å². The van der Waals surface area contributed by atoms with Gasteiger partial charge in [0.05, 0.1) is 29.6 Å². The predicted octanol–water partition coefficient (Wildman–Crippen LogP) is 5.30. The van der Waals surface area contributed by atoms with Crippen molar-refractivity contribution in [2.24, 2.45) is 0 Å². The standard InChI is InChI=1S/C28H23Br2N3O7/c1-3-39-23-14-16(12-19-26(35)32-28(37)33(27(19)36)18-10-8-17(29)9-11-18)13-20(30)25(23)40-15-24(34)31-21-6-4-5-7-22(21)38-2/h4-14H,3,15H2,1-2H3,(H,31,34)(H,32,35,37)/b19-12+. The number of urea groups is 1. The summed E-state index contributed by atoms with van der Waals surface area (Å²) in [5, 5.41) is 4.93. The summed E-state index contributed by atoms with van der Waals surface area (Å²) in [6.45, 7) is 1.72. The normalized spacial score (nSPS) is 14.2. The molecule has 0 spiro atoms. The Morgan fingerprint density at radius 1 is 1.00 bits per heavy atom. The van der Waals surface area contributed by atoms with E-state index in [0.29, 0.717) is 27.2 Å². The van der Waals surface area contributed by atoms with Crippen molar-refractivity contribution < 1.29 is 33.4 Å². The van der Waals surface area contributed by atoms with E-state index in [1.54, 1.807) is 67.6 Å². The summed E-state index contributed by atoms with van der Waals surface area (Å²) in [5.74, 6) is -0.994. The molecule has 0 radical (unpaired) electrons. The van der Waals surface area contributed by atoms with Gasteiger partial charge in [-0.1, -0.05) is 28.1 Å². The summed E-state index contributed by atoms with van der Waals surface area (Å²) in [6.07, 6.45) is 1.35. The fraction of sp³-hybridized carbons (Fsp3) is 0.143. The SMILES string of the molecule is CCOc1cc(/C=C2\C(=O)NC(=O)N(c3ccc(Br)cc3)C2=O)cc(Br)c1OCC(=O)Nc1ccccc1OC. The molecule has 1 heterocycles. The molecule has 12 heteroatoms. The third-order valence-corrected chi connectivity index (χ3v) is 6.68. The number of benzene rings is 3. The van der Waals surface area contributed by atoms with Crippen LogP contribution in [0.5, 0.6) is 17.2 Å². The number of nitrogens with one attached hydrogen (secondary N) is 2. The minimum atomic E-state index is -0.846. The van der Waals surface area contributed by atoms with Gasteiger partial charge in [0, 0.05) is 4.47 Å². The summed E-state index contributed by atoms with van der Waals surface area (Å²) in [4.78, 5) is 51.7. The molecule has 3 aromatic carbocycles. The highest BCUT2D eigenvalue weighted by molar-refractivity contribution is 9.10. The highest BCUT2D eigenvalue weighted by Gasteiger charge is 2.36. The topological polar surface area (TPSA) is 123 Å². The quantitative estimate of drug-likeness (QED) is 0.234. The Morgan fingerprint density at radius 3 is 2.42 bits per heavy atom. The lowest BCUT2D eigenvalue weighted by molar-refractivity contribution is -0.122. The van der Waals surface area contributed by atoms with Crippen LogP contribution in [0, 0.1) is 0 Å². The zero-order valence-electron chi connectivity index (χ0n) is 21.3. The molecule has 10 nitrogen and oxygen atoms in total. The molecule has 40 heavy (non-hydrogen) atoms. The summed E-state index contributed by atoms with van der Waals surface area (Å²) < 4.78 is 17.9. The highest BCUT2D eigenvalue weighted by Crippen LogP contribution is 2.38. The van der Waals surface area contributed by atoms with Crippen LogP contribution in [0.3, 0.4) is 0 Å². The van der Waals surface area contributed by atoms with E-state index in [4.69, 9.17) is 14.2 Å². The minimum Gasteiger partial charge on any atom is -0.495 e. The van der Waals surface area contributed by atoms with E-state index in [2.05, 4.69) is 42.5 Å². The van der Waals surface area contributed by atoms with Crippen molar-refractivity contribution in [1.82, 2.24) is 5.32 Å². The summed E-state index contributed by atoms with van der Waals surface area (Å²) in [7, 11) is 1.50. The first-order valence-electron chi connectivity index (χ1n) is 11.9. The molecule has 0 bridgehead atoms. The van der Waals surface area contributed by atoms with Crippen molar-refractivity contribution in [1.29, 1.82) is 0 Å². The second kappa shape index (κ2) is 12.8. The Morgan fingerprint density at radius 2 is 1.73 bits per heavy atom. The van der Waals surface area contributed by atoms with E-state index < -0.39 is 23.8 Å². The third-order valence-electron chi connectivity index (χ3n) is 5.56. The molecule has 206 valence electrons. The number of hydrogen-bond donors (Lipinski definition) is 2. The number of para-hydroxylation sites is 2. The number of halogens is 2. The molecule has 1 saturated heterocycles. The van der Waals surface area contributed by atoms with Crippen molar-refractivity contribution in [2.45, 2.75) is 6.92 Å². The molecule has 4 rings (SSSR count). The van der Waals surface area contributed by atoms with Crippen LogP contribution in [-0.2, 0) is 14.4 Å². The van der Waals surface area contributed by atoms with E-state index in [0.717, 1.165) is 9.37 Å². The van der Waals surface area contributed by atoms with E-state index in [1.807, 2.05) is 0 Å². The first-order valence-corrected chi connectivity index (χ1v) is 13.5. The molecular formula is C28H23Br2N3O7. The number of imide groups is 2. The van der Waals surface area contributed by atoms with Gasteiger partial charge in [0.1, 0.15) is 11.3 Å². The van der Waals surface area contributed by atoms with Crippen LogP contribution in [-0.4, -0.2) is 44.1 Å². The van der Waals surface area contributed by atoms with Crippen LogP contribution in [0.15, 0.2) is 75.2 Å². The molecule has 0 aromatic heterocycles. The van der Waals surface area contributed by atoms with Crippen LogP contribution in [0.25, 0.3) is 6.08 Å². The van der Waals surface area contributed by atoms with E-state index in [-0.39, 0.29) is 30.3 Å². The van der Waals surface area contributed by atoms with Crippen molar-refractivity contribution in [3.63, 3.8) is 0 Å². The molecule has 1 aliphatic heterocycles. The molecule has 0 atom stereocenters. The van der Waals surface area contributed by atoms with Gasteiger partial charge in [0.2, 0.25) is 0 Å². The Bertz CT molecular complexity index is 1510. The summed E-state index contributed by atoms with van der Waals surface area (Å²) >= 11 is 6.74. The molecule has 0 saturated carbocycles. The van der Waals surface area contributed by atoms with Crippen molar-refractivity contribution in [3.8, 4) is 17.2 Å². The number of ether oxygens (including phenoxy) is 3. The fourth-order valence-corrected chi connectivity index (χ4v) is 4.63. The second-order valence-electron chi connectivity index (χ2n) is 8.23. The van der Waals surface area contributed by atoms with Gasteiger partial charge in [-0.15, -0.1) is 0 Å². The van der Waals surface area contributed by atoms with Crippen LogP contribution in [0.1, 0.15) is 12.5 Å². The maximum atomic E-state index is 13.2. The molecule has 2 N–H and O–H groups in total. The Labute approximate surface area is 246 Å². The van der Waals surface area contributed by atoms with Crippen molar-refractivity contribution in [3.05, 3.63) is 80.7 Å². The number of methoxy groups -OCH3 is 1. The van der Waals surface area contributed by atoms with Gasteiger partial charge in [-0.05, 0) is 83.0 Å². The number of carbonyl (C=O) groups is 4. The smallest absolute Gasteiger partial charge is 0.335 e. The molecule has 3 aromatic rings. The van der Waals surface area contributed by atoms with Gasteiger partial charge in [-0.25, -0.2) is 9.69 Å². The Hall–Kier alpha value is -4.16. The summed E-state index contributed by atoms with van der Waals surface area (Å²) in [5.41, 5.74) is 0.970. The van der Waals surface area contributed by atoms with E-state index in [1.165, 1.54) is 13.2 Å². The maximum absolute atomic E-state index is 13.2. The first kappa shape index (κ1) is 28.8. The number of amides is 5. The number of carbonyl (C=O) groups excluding carboxylic acids is 4. The van der Waals surface area contributed by atoms with Gasteiger partial charge < -0.3 is 19.5 Å². The van der Waals surface area contributed by atoms with Gasteiger partial charge in [-0.2, -0.15) is 0 Å². The van der Waals surface area contributed by atoms with Crippen molar-refractivity contribution >= 4 is 73.1 Å². The van der Waals surface area contributed by atoms with Gasteiger partial charge in [0.15, 0.2) is 18.1 Å². The van der Waals surface area contributed by atoms with E-state index in [9.17, 15) is 19.2 Å². The number of hydrogen-bond acceptors (Lipinski definition) is 7. The van der Waals surface area contributed by atoms with Crippen LogP contribution >= 0.6 is 31.9 Å². The Kier molecular flexibility index (Phi) is 9.22. The number of rotatable bonds is 9. The van der Waals surface area contributed by atoms with Gasteiger partial charge in [0.25, 0.3) is 17.7 Å². The van der Waals surface area contributed by atoms with Gasteiger partial charge in [-0.3, -0.25) is 19.7 Å². The van der Waals surface area contributed by atoms with E-state index >= 15 is 0 Å². The van der Waals surface area contributed by atoms with Crippen LogP contribution < -0.4 is 29.7 Å². The molecule has 5 amide bonds. The monoisotopic (exact) mass is 671 g/mol. The lowest BCUT2D eigenvalue weighted by Crippen LogP contribution is -2.54. The highest BCUT2D eigenvalue weighted by atomic mass is 79.9. The average molecular weight is 673 g/mol. The second-order valence-corrected chi connectivity index (χ2v) is 10.0. The fourth-order valence-electron chi connectivity index (χ4n) is 3.79. The number of nitrogens with zero attached hydrogens (tertiary/aromatic N) is 1. The zero-order valence-corrected chi connectivity index (χ0v) is 24.5. The van der Waals surface area contributed by atoms with Crippen LogP contribution in [0.2, 0.25) is 0 Å². The zero-order chi connectivity index (χ0) is 28.8. The third kappa shape index (κ3) is 6.52. The molecule has 1 aliphatic rings. The maximum Gasteiger partial charge on any atom is 0.335 e. The molecule has 1 fully saturated rings. The summed E-state index contributed by atoms with van der Waals surface area (Å²) in [6, 6.07) is 15.8. The first-order chi connectivity index (χ1) is 19.2. The van der Waals surface area contributed by atoms with Crippen molar-refractivity contribution in [2.75, 3.05) is 30.5 Å². The molecule has 0 unspecified atom stereocenters. The lowest BCUT2D eigenvalue weighted by atomic mass is 10.1. The minimum absolute atomic E-state index is 0.248. The largest absolute Gasteiger partial charge is 0.495 e. The lowest BCUT2D eigenvalue weighted by Gasteiger charge is -2.26. The molecular weight excluding hydrogens is 650 g/mol. The average Bonchev–Trinajstić information content (AvgIpc) is 2.92. The predicted molar refractivity (Wildman–Crippen MR) is 156 cm³/mol. The van der Waals surface area contributed by atoms with Crippen LogP contribution in [0.4, 0.5) is 16.2 Å². The number of anilines is 2. The Balaban J connectivity index is 1.57. The molecule has 0 aliphatic carbocycles. The number of barbiturate groups is 1.